The molecule has 1 unspecified atom stereocenters. The number of rotatable bonds is 2. The fourth-order valence-electron chi connectivity index (χ4n) is 1.74. The highest BCUT2D eigenvalue weighted by Crippen LogP contribution is 2.32. The molecule has 0 bridgehead atoms. The molecule has 1 aromatic carbocycles. The minimum absolute atomic E-state index is 0.244. The number of benzene rings is 1. The Labute approximate surface area is 95.2 Å². The third-order valence-electron chi connectivity index (χ3n) is 2.70. The van der Waals surface area contributed by atoms with Crippen molar-refractivity contribution in [3.63, 3.8) is 0 Å². The standard InChI is InChI=1S/C14H14O2/c1-3-14(2)10-12(13(15)16-14)9-11-7-5-4-6-8-11/h3-9H,1,10H2,2H3/b12-9+. The molecule has 1 aliphatic rings. The van der Waals surface area contributed by atoms with Crippen molar-refractivity contribution >= 4 is 12.0 Å². The Bertz CT molecular complexity index is 445. The molecular formula is C14H14O2. The van der Waals surface area contributed by atoms with Gasteiger partial charge in [0, 0.05) is 12.0 Å². The molecule has 0 amide bonds. The van der Waals surface area contributed by atoms with Gasteiger partial charge < -0.3 is 4.74 Å². The minimum Gasteiger partial charge on any atom is -0.451 e. The van der Waals surface area contributed by atoms with Gasteiger partial charge in [0.1, 0.15) is 5.60 Å². The SMILES string of the molecule is C=CC1(C)C/C(=C\c2ccccc2)C(=O)O1. The lowest BCUT2D eigenvalue weighted by atomic mass is 9.99. The Morgan fingerprint density at radius 1 is 1.38 bits per heavy atom. The average molecular weight is 214 g/mol. The van der Waals surface area contributed by atoms with E-state index in [2.05, 4.69) is 6.58 Å². The quantitative estimate of drug-likeness (QED) is 0.430. The van der Waals surface area contributed by atoms with E-state index >= 15 is 0 Å². The van der Waals surface area contributed by atoms with Crippen LogP contribution in [0.4, 0.5) is 0 Å². The number of cyclic esters (lactones) is 1. The van der Waals surface area contributed by atoms with Gasteiger partial charge in [-0.05, 0) is 24.6 Å². The Morgan fingerprint density at radius 2 is 2.06 bits per heavy atom. The molecule has 2 heteroatoms. The van der Waals surface area contributed by atoms with Crippen LogP contribution in [0.15, 0.2) is 48.6 Å². The van der Waals surface area contributed by atoms with Crippen molar-refractivity contribution in [2.45, 2.75) is 18.9 Å². The first kappa shape index (κ1) is 10.7. The predicted molar refractivity (Wildman–Crippen MR) is 63.7 cm³/mol. The lowest BCUT2D eigenvalue weighted by Gasteiger charge is -2.15. The average Bonchev–Trinajstić information content (AvgIpc) is 2.57. The molecule has 0 radical (unpaired) electrons. The highest BCUT2D eigenvalue weighted by atomic mass is 16.6. The summed E-state index contributed by atoms with van der Waals surface area (Å²) in [5.41, 5.74) is 1.17. The fourth-order valence-corrected chi connectivity index (χ4v) is 1.74. The molecule has 1 aromatic rings. The molecule has 0 saturated carbocycles. The van der Waals surface area contributed by atoms with E-state index in [0.29, 0.717) is 12.0 Å². The second-order valence-corrected chi connectivity index (χ2v) is 4.16. The first-order valence-electron chi connectivity index (χ1n) is 5.25. The summed E-state index contributed by atoms with van der Waals surface area (Å²) < 4.78 is 5.26. The number of ether oxygens (including phenoxy) is 1. The molecule has 0 aliphatic carbocycles. The van der Waals surface area contributed by atoms with E-state index in [1.54, 1.807) is 6.08 Å². The van der Waals surface area contributed by atoms with Crippen LogP contribution in [-0.2, 0) is 9.53 Å². The van der Waals surface area contributed by atoms with Gasteiger partial charge in [-0.2, -0.15) is 0 Å². The van der Waals surface area contributed by atoms with Crippen molar-refractivity contribution in [2.24, 2.45) is 0 Å². The van der Waals surface area contributed by atoms with Crippen LogP contribution in [0.1, 0.15) is 18.9 Å². The maximum atomic E-state index is 11.6. The van der Waals surface area contributed by atoms with Crippen LogP contribution in [0.3, 0.4) is 0 Å². The molecule has 2 rings (SSSR count). The Balaban J connectivity index is 2.27. The molecule has 1 fully saturated rings. The van der Waals surface area contributed by atoms with E-state index in [1.165, 1.54) is 0 Å². The monoisotopic (exact) mass is 214 g/mol. The van der Waals surface area contributed by atoms with Crippen molar-refractivity contribution in [3.8, 4) is 0 Å². The fraction of sp³-hybridized carbons (Fsp3) is 0.214. The number of carbonyl (C=O) groups is 1. The zero-order chi connectivity index (χ0) is 11.6. The summed E-state index contributed by atoms with van der Waals surface area (Å²) >= 11 is 0. The van der Waals surface area contributed by atoms with E-state index in [0.717, 1.165) is 5.56 Å². The summed E-state index contributed by atoms with van der Waals surface area (Å²) in [5, 5.41) is 0. The van der Waals surface area contributed by atoms with E-state index in [9.17, 15) is 4.79 Å². The smallest absolute Gasteiger partial charge is 0.335 e. The molecule has 2 nitrogen and oxygen atoms in total. The van der Waals surface area contributed by atoms with Crippen LogP contribution < -0.4 is 0 Å². The Hall–Kier alpha value is -1.83. The lowest BCUT2D eigenvalue weighted by Crippen LogP contribution is -2.19. The summed E-state index contributed by atoms with van der Waals surface area (Å²) in [6, 6.07) is 9.76. The van der Waals surface area contributed by atoms with E-state index in [4.69, 9.17) is 4.74 Å². The van der Waals surface area contributed by atoms with Crippen LogP contribution in [-0.4, -0.2) is 11.6 Å². The van der Waals surface area contributed by atoms with Crippen molar-refractivity contribution in [1.82, 2.24) is 0 Å². The molecule has 16 heavy (non-hydrogen) atoms. The van der Waals surface area contributed by atoms with Crippen LogP contribution in [0.5, 0.6) is 0 Å². The normalized spacial score (nSPS) is 26.8. The maximum absolute atomic E-state index is 11.6. The number of esters is 1. The summed E-state index contributed by atoms with van der Waals surface area (Å²) in [5.74, 6) is -0.244. The highest BCUT2D eigenvalue weighted by molar-refractivity contribution is 5.96. The number of hydrogen-bond donors (Lipinski definition) is 0. The first-order valence-corrected chi connectivity index (χ1v) is 5.25. The maximum Gasteiger partial charge on any atom is 0.335 e. The summed E-state index contributed by atoms with van der Waals surface area (Å²) in [7, 11) is 0. The summed E-state index contributed by atoms with van der Waals surface area (Å²) in [4.78, 5) is 11.6. The van der Waals surface area contributed by atoms with Gasteiger partial charge in [0.25, 0.3) is 0 Å². The van der Waals surface area contributed by atoms with Gasteiger partial charge in [0.15, 0.2) is 0 Å². The van der Waals surface area contributed by atoms with Gasteiger partial charge in [-0.15, -0.1) is 0 Å². The molecular weight excluding hydrogens is 200 g/mol. The van der Waals surface area contributed by atoms with Gasteiger partial charge in [-0.3, -0.25) is 0 Å². The van der Waals surface area contributed by atoms with Crippen molar-refractivity contribution < 1.29 is 9.53 Å². The molecule has 0 N–H and O–H groups in total. The molecule has 0 spiro atoms. The van der Waals surface area contributed by atoms with Crippen molar-refractivity contribution in [1.29, 1.82) is 0 Å². The second-order valence-electron chi connectivity index (χ2n) is 4.16. The van der Waals surface area contributed by atoms with E-state index in [-0.39, 0.29) is 5.97 Å². The molecule has 1 atom stereocenters. The largest absolute Gasteiger partial charge is 0.451 e. The van der Waals surface area contributed by atoms with Gasteiger partial charge in [0.2, 0.25) is 0 Å². The highest BCUT2D eigenvalue weighted by Gasteiger charge is 2.36. The van der Waals surface area contributed by atoms with E-state index < -0.39 is 5.60 Å². The minimum atomic E-state index is -0.544. The molecule has 1 heterocycles. The van der Waals surface area contributed by atoms with Gasteiger partial charge in [-0.25, -0.2) is 4.79 Å². The van der Waals surface area contributed by atoms with Gasteiger partial charge in [-0.1, -0.05) is 36.9 Å². The third-order valence-corrected chi connectivity index (χ3v) is 2.70. The van der Waals surface area contributed by atoms with Crippen LogP contribution >= 0.6 is 0 Å². The predicted octanol–water partition coefficient (Wildman–Crippen LogP) is 2.96. The molecule has 82 valence electrons. The third kappa shape index (κ3) is 2.06. The zero-order valence-corrected chi connectivity index (χ0v) is 9.27. The number of hydrogen-bond acceptors (Lipinski definition) is 2. The van der Waals surface area contributed by atoms with Crippen LogP contribution in [0.25, 0.3) is 6.08 Å². The van der Waals surface area contributed by atoms with Crippen LogP contribution in [0, 0.1) is 0 Å². The summed E-state index contributed by atoms with van der Waals surface area (Å²) in [6.45, 7) is 5.55. The van der Waals surface area contributed by atoms with E-state index in [1.807, 2.05) is 43.3 Å². The van der Waals surface area contributed by atoms with Crippen LogP contribution in [0.2, 0.25) is 0 Å². The lowest BCUT2D eigenvalue weighted by molar-refractivity contribution is -0.141. The van der Waals surface area contributed by atoms with Gasteiger partial charge in [0.05, 0.1) is 0 Å². The molecule has 1 aliphatic heterocycles. The molecule has 1 saturated heterocycles. The first-order chi connectivity index (χ1) is 7.63. The topological polar surface area (TPSA) is 26.3 Å². The zero-order valence-electron chi connectivity index (χ0n) is 9.27. The van der Waals surface area contributed by atoms with Crippen molar-refractivity contribution in [2.75, 3.05) is 0 Å². The Kier molecular flexibility index (Phi) is 2.65. The second kappa shape index (κ2) is 3.97. The Morgan fingerprint density at radius 3 is 2.62 bits per heavy atom. The molecule has 0 aromatic heterocycles. The van der Waals surface area contributed by atoms with Gasteiger partial charge >= 0.3 is 5.97 Å². The summed E-state index contributed by atoms with van der Waals surface area (Å²) in [6.07, 6.45) is 4.14. The van der Waals surface area contributed by atoms with Crippen molar-refractivity contribution in [3.05, 3.63) is 54.1 Å². The number of carbonyl (C=O) groups excluding carboxylic acids is 1.